The smallest absolute Gasteiger partial charge is 0.315 e. The molecule has 46 heavy (non-hydrogen) atoms. The second-order valence-corrected chi connectivity index (χ2v) is 13.5. The lowest BCUT2D eigenvalue weighted by molar-refractivity contribution is -0.686. The van der Waals surface area contributed by atoms with Gasteiger partial charge in [0.1, 0.15) is 0 Å². The van der Waals surface area contributed by atoms with E-state index in [2.05, 4.69) is 51.0 Å². The lowest BCUT2D eigenvalue weighted by Gasteiger charge is -2.19. The van der Waals surface area contributed by atoms with Crippen LogP contribution in [0.25, 0.3) is 22.0 Å². The third kappa shape index (κ3) is 6.94. The molecule has 2 aromatic carbocycles. The van der Waals surface area contributed by atoms with Gasteiger partial charge in [0, 0.05) is 36.5 Å². The summed E-state index contributed by atoms with van der Waals surface area (Å²) in [4.78, 5) is 23.9. The molecule has 0 spiro atoms. The molecular weight excluding hydrogens is 604 g/mol. The van der Waals surface area contributed by atoms with Crippen LogP contribution < -0.4 is 39.5 Å². The molecule has 1 aromatic heterocycles. The Balaban J connectivity index is 0.956. The summed E-state index contributed by atoms with van der Waals surface area (Å²) in [5, 5.41) is 11.6. The largest absolute Gasteiger partial charge is 0.493 e. The van der Waals surface area contributed by atoms with Gasteiger partial charge in [0.2, 0.25) is 11.6 Å². The molecule has 0 radical (unpaired) electrons. The van der Waals surface area contributed by atoms with Crippen LogP contribution in [0.2, 0.25) is 0 Å². The lowest BCUT2D eigenvalue weighted by atomic mass is 9.95. The van der Waals surface area contributed by atoms with Gasteiger partial charge >= 0.3 is 6.03 Å². The molecule has 10 nitrogen and oxygen atoms in total. The van der Waals surface area contributed by atoms with Gasteiger partial charge in [-0.1, -0.05) is 6.42 Å². The molecule has 11 heteroatoms. The molecule has 0 bridgehead atoms. The fourth-order valence-corrected chi connectivity index (χ4v) is 8.36. The minimum absolute atomic E-state index is 0.0484. The van der Waals surface area contributed by atoms with Gasteiger partial charge in [-0.2, -0.15) is 16.3 Å². The van der Waals surface area contributed by atoms with Gasteiger partial charge in [0.05, 0.1) is 51.0 Å². The number of hydrogen-bond donors (Lipinski definition) is 3. The molecule has 3 aromatic rings. The third-order valence-corrected chi connectivity index (χ3v) is 10.8. The zero-order valence-electron chi connectivity index (χ0n) is 27.0. The van der Waals surface area contributed by atoms with E-state index in [-0.39, 0.29) is 24.0 Å². The maximum absolute atomic E-state index is 12.3. The van der Waals surface area contributed by atoms with Crippen molar-refractivity contribution in [2.24, 2.45) is 0 Å². The van der Waals surface area contributed by atoms with Crippen molar-refractivity contribution in [3.05, 3.63) is 42.1 Å². The van der Waals surface area contributed by atoms with Gasteiger partial charge < -0.3 is 34.9 Å². The number of fused-ring (bicyclic) bond motifs is 5. The second kappa shape index (κ2) is 14.7. The number of ether oxygens (including phenoxy) is 4. The summed E-state index contributed by atoms with van der Waals surface area (Å²) >= 11 is 1.92. The molecule has 3 aliphatic heterocycles. The highest BCUT2D eigenvalue weighted by Gasteiger charge is 2.42. The molecule has 4 heterocycles. The van der Waals surface area contributed by atoms with Crippen LogP contribution in [-0.2, 0) is 17.8 Å². The summed E-state index contributed by atoms with van der Waals surface area (Å²) < 4.78 is 25.4. The number of hydrogen-bond acceptors (Lipinski definition) is 7. The third-order valence-electron chi connectivity index (χ3n) is 9.28. The molecule has 3 N–H and O–H groups in total. The van der Waals surface area contributed by atoms with Crippen LogP contribution in [0.5, 0.6) is 23.0 Å². The highest BCUT2D eigenvalue weighted by molar-refractivity contribution is 8.00. The zero-order valence-corrected chi connectivity index (χ0v) is 27.8. The first-order valence-corrected chi connectivity index (χ1v) is 17.4. The average molecular weight is 650 g/mol. The van der Waals surface area contributed by atoms with Crippen molar-refractivity contribution in [1.29, 1.82) is 0 Å². The number of pyridine rings is 1. The maximum atomic E-state index is 12.3. The molecule has 3 atom stereocenters. The summed E-state index contributed by atoms with van der Waals surface area (Å²) in [5.74, 6) is 4.05. The van der Waals surface area contributed by atoms with Crippen molar-refractivity contribution in [1.82, 2.24) is 16.0 Å². The number of unbranched alkanes of at least 4 members (excludes halogenated alkanes) is 3. The summed E-state index contributed by atoms with van der Waals surface area (Å²) in [6, 6.07) is 10.8. The molecular formula is C35H45N4O6S+. The van der Waals surface area contributed by atoms with Gasteiger partial charge in [0.15, 0.2) is 35.7 Å². The van der Waals surface area contributed by atoms with Crippen LogP contribution in [0, 0.1) is 0 Å². The Morgan fingerprint density at radius 2 is 1.80 bits per heavy atom. The van der Waals surface area contributed by atoms with Crippen molar-refractivity contribution in [2.45, 2.75) is 75.2 Å². The number of aromatic nitrogens is 1. The molecule has 6 rings (SSSR count). The Kier molecular flexibility index (Phi) is 10.3. The van der Waals surface area contributed by atoms with E-state index in [9.17, 15) is 9.59 Å². The SMILES string of the molecule is COc1cc2c(cc1OC)-c1cc3ccc(OC)c(OCCCCCNC(=O)CCCC[C@@H]4SC[C@@H]5NC(=O)N[C@@H]54)c3c[n+]1CC2. The van der Waals surface area contributed by atoms with Crippen molar-refractivity contribution >= 4 is 34.5 Å². The van der Waals surface area contributed by atoms with Crippen molar-refractivity contribution in [3.63, 3.8) is 0 Å². The fourth-order valence-electron chi connectivity index (χ4n) is 6.81. The topological polar surface area (TPSA) is 111 Å². The number of aryl methyl sites for hydroxylation is 2. The summed E-state index contributed by atoms with van der Waals surface area (Å²) in [5.41, 5.74) is 3.53. The number of urea groups is 1. The Labute approximate surface area is 274 Å². The summed E-state index contributed by atoms with van der Waals surface area (Å²) in [6.45, 7) is 2.10. The predicted octanol–water partition coefficient (Wildman–Crippen LogP) is 4.77. The van der Waals surface area contributed by atoms with E-state index in [0.717, 1.165) is 102 Å². The van der Waals surface area contributed by atoms with Gasteiger partial charge in [-0.05, 0) is 67.3 Å². The second-order valence-electron chi connectivity index (χ2n) is 12.2. The molecule has 2 saturated heterocycles. The van der Waals surface area contributed by atoms with Crippen LogP contribution in [0.1, 0.15) is 50.5 Å². The number of nitrogens with one attached hydrogen (secondary N) is 3. The van der Waals surface area contributed by atoms with E-state index in [4.69, 9.17) is 18.9 Å². The first kappa shape index (κ1) is 32.1. The van der Waals surface area contributed by atoms with E-state index in [1.807, 2.05) is 17.8 Å². The van der Waals surface area contributed by atoms with Crippen LogP contribution in [0.3, 0.4) is 0 Å². The molecule has 3 amide bonds. The van der Waals surface area contributed by atoms with Gasteiger partial charge in [-0.15, -0.1) is 0 Å². The Morgan fingerprint density at radius 1 is 0.978 bits per heavy atom. The van der Waals surface area contributed by atoms with E-state index in [0.29, 0.717) is 24.8 Å². The minimum atomic E-state index is -0.0484. The number of benzene rings is 2. The Morgan fingerprint density at radius 3 is 2.63 bits per heavy atom. The summed E-state index contributed by atoms with van der Waals surface area (Å²) in [7, 11) is 5.01. The van der Waals surface area contributed by atoms with E-state index in [1.165, 1.54) is 5.56 Å². The summed E-state index contributed by atoms with van der Waals surface area (Å²) in [6.07, 6.45) is 9.28. The monoisotopic (exact) mass is 649 g/mol. The molecule has 0 aliphatic carbocycles. The number of amides is 3. The highest BCUT2D eigenvalue weighted by atomic mass is 32.2. The normalized spacial score (nSPS) is 19.5. The Bertz CT molecular complexity index is 1580. The van der Waals surface area contributed by atoms with Crippen molar-refractivity contribution < 1.29 is 33.1 Å². The van der Waals surface area contributed by atoms with Crippen LogP contribution >= 0.6 is 11.8 Å². The number of methoxy groups -OCH3 is 3. The fraction of sp³-hybridized carbons (Fsp3) is 0.514. The average Bonchev–Trinajstić information content (AvgIpc) is 3.63. The predicted molar refractivity (Wildman–Crippen MR) is 179 cm³/mol. The van der Waals surface area contributed by atoms with E-state index >= 15 is 0 Å². The lowest BCUT2D eigenvalue weighted by Crippen LogP contribution is -2.40. The molecule has 0 saturated carbocycles. The zero-order chi connectivity index (χ0) is 32.0. The quantitative estimate of drug-likeness (QED) is 0.124. The van der Waals surface area contributed by atoms with Gasteiger partial charge in [-0.3, -0.25) is 4.79 Å². The van der Waals surface area contributed by atoms with E-state index < -0.39 is 0 Å². The number of rotatable bonds is 15. The molecule has 3 aliphatic rings. The number of carbonyl (C=O) groups excluding carboxylic acids is 2. The maximum Gasteiger partial charge on any atom is 0.315 e. The van der Waals surface area contributed by atoms with Crippen LogP contribution in [0.4, 0.5) is 4.79 Å². The molecule has 0 unspecified atom stereocenters. The number of nitrogens with zero attached hydrogens (tertiary/aromatic N) is 1. The minimum Gasteiger partial charge on any atom is -0.493 e. The molecule has 2 fully saturated rings. The highest BCUT2D eigenvalue weighted by Crippen LogP contribution is 2.40. The standard InChI is InChI=1S/C35H44N4O6S/c1-42-28-12-11-22-17-27-24-19-30(44-3)29(43-2)18-23(24)13-15-39(27)20-25(22)34(28)45-16-8-4-7-14-36-32(40)10-6-5-9-31-33-26(21-46-31)37-35(41)38-33/h11-12,17-20,26,31,33H,4-10,13-16,21H2,1-3H3,(H2-,36,37,38,40,41)/p+1/t26-,31-,33-/m0/s1. The van der Waals surface area contributed by atoms with Gasteiger partial charge in [0.25, 0.3) is 0 Å². The van der Waals surface area contributed by atoms with Crippen LogP contribution in [0.15, 0.2) is 36.5 Å². The number of carbonyl (C=O) groups is 2. The number of thioether (sulfide) groups is 1. The van der Waals surface area contributed by atoms with Crippen molar-refractivity contribution in [3.8, 4) is 34.3 Å². The van der Waals surface area contributed by atoms with Crippen molar-refractivity contribution in [2.75, 3.05) is 40.2 Å². The van der Waals surface area contributed by atoms with E-state index in [1.54, 1.807) is 21.3 Å². The Hall–Kier alpha value is -3.86. The molecule has 246 valence electrons. The van der Waals surface area contributed by atoms with Crippen LogP contribution in [-0.4, -0.2) is 69.5 Å². The first-order chi connectivity index (χ1) is 22.5. The van der Waals surface area contributed by atoms with Gasteiger partial charge in [-0.25, -0.2) is 4.79 Å². The first-order valence-electron chi connectivity index (χ1n) is 16.4.